The number of tetrazole rings is 1. The van der Waals surface area contributed by atoms with Gasteiger partial charge in [-0.15, -0.1) is 16.4 Å². The molecule has 1 unspecified atom stereocenters. The number of nitrogens with zero attached hydrogens (tertiary/aromatic N) is 5. The van der Waals surface area contributed by atoms with Crippen molar-refractivity contribution in [3.8, 4) is 11.4 Å². The fourth-order valence-corrected chi connectivity index (χ4v) is 3.80. The minimum atomic E-state index is -0.883. The van der Waals surface area contributed by atoms with Crippen molar-refractivity contribution in [3.63, 3.8) is 0 Å². The van der Waals surface area contributed by atoms with Crippen LogP contribution in [0.3, 0.4) is 0 Å². The quantitative estimate of drug-likeness (QED) is 0.666. The molecule has 1 aromatic carbocycles. The van der Waals surface area contributed by atoms with E-state index in [0.29, 0.717) is 18.8 Å². The van der Waals surface area contributed by atoms with E-state index in [2.05, 4.69) is 15.5 Å². The molecule has 0 aliphatic carbocycles. The summed E-state index contributed by atoms with van der Waals surface area (Å²) in [5.74, 6) is -1.27. The Hall–Kier alpha value is -3.33. The zero-order valence-electron chi connectivity index (χ0n) is 14.8. The third-order valence-electron chi connectivity index (χ3n) is 4.60. The first-order chi connectivity index (χ1) is 13.6. The van der Waals surface area contributed by atoms with Crippen molar-refractivity contribution in [2.24, 2.45) is 5.92 Å². The summed E-state index contributed by atoms with van der Waals surface area (Å²) in [4.78, 5) is 27.0. The number of aliphatic carboxylic acids is 1. The van der Waals surface area contributed by atoms with Crippen LogP contribution in [0.25, 0.3) is 23.2 Å². The fraction of sp³-hybridized carbons (Fsp3) is 0.211. The Morgan fingerprint density at radius 2 is 2.00 bits per heavy atom. The lowest BCUT2D eigenvalue weighted by Gasteiger charge is -2.18. The van der Waals surface area contributed by atoms with Crippen molar-refractivity contribution in [2.45, 2.75) is 6.42 Å². The number of thiophene rings is 1. The molecule has 0 radical (unpaired) electrons. The van der Waals surface area contributed by atoms with Crippen LogP contribution in [-0.4, -0.2) is 55.2 Å². The minimum Gasteiger partial charge on any atom is -0.481 e. The molecule has 0 spiro atoms. The average Bonchev–Trinajstić information content (AvgIpc) is 3.47. The maximum Gasteiger partial charge on any atom is 0.308 e. The van der Waals surface area contributed by atoms with Crippen molar-refractivity contribution in [2.75, 3.05) is 13.1 Å². The van der Waals surface area contributed by atoms with Crippen LogP contribution in [0.2, 0.25) is 0 Å². The smallest absolute Gasteiger partial charge is 0.308 e. The van der Waals surface area contributed by atoms with Crippen LogP contribution in [0.1, 0.15) is 11.3 Å². The second kappa shape index (κ2) is 7.73. The SMILES string of the molecule is O=C(O)C1CCN(C(=O)/C(=C/c2cccs2)n2nnnc2-c2ccccc2)C1. The Kier molecular flexibility index (Phi) is 4.98. The van der Waals surface area contributed by atoms with Crippen LogP contribution < -0.4 is 0 Å². The van der Waals surface area contributed by atoms with E-state index >= 15 is 0 Å². The van der Waals surface area contributed by atoms with E-state index < -0.39 is 11.9 Å². The largest absolute Gasteiger partial charge is 0.481 e. The van der Waals surface area contributed by atoms with Crippen molar-refractivity contribution >= 4 is 35.0 Å². The molecule has 1 aliphatic rings. The number of benzene rings is 1. The molecule has 1 saturated heterocycles. The van der Waals surface area contributed by atoms with E-state index in [0.717, 1.165) is 10.4 Å². The minimum absolute atomic E-state index is 0.179. The van der Waals surface area contributed by atoms with Crippen LogP contribution in [0, 0.1) is 5.92 Å². The number of aromatic nitrogens is 4. The van der Waals surface area contributed by atoms with Gasteiger partial charge >= 0.3 is 5.97 Å². The van der Waals surface area contributed by atoms with E-state index in [9.17, 15) is 14.7 Å². The van der Waals surface area contributed by atoms with Gasteiger partial charge in [-0.1, -0.05) is 36.4 Å². The fourth-order valence-electron chi connectivity index (χ4n) is 3.15. The number of hydrogen-bond donors (Lipinski definition) is 1. The highest BCUT2D eigenvalue weighted by Gasteiger charge is 2.33. The van der Waals surface area contributed by atoms with Gasteiger partial charge in [-0.05, 0) is 34.4 Å². The first-order valence-electron chi connectivity index (χ1n) is 8.75. The predicted octanol–water partition coefficient (Wildman–Crippen LogP) is 2.33. The van der Waals surface area contributed by atoms with Gasteiger partial charge in [0.05, 0.1) is 5.92 Å². The van der Waals surface area contributed by atoms with Crippen LogP contribution >= 0.6 is 11.3 Å². The highest BCUT2D eigenvalue weighted by Crippen LogP contribution is 2.25. The summed E-state index contributed by atoms with van der Waals surface area (Å²) in [7, 11) is 0. The van der Waals surface area contributed by atoms with Crippen molar-refractivity contribution in [1.29, 1.82) is 0 Å². The number of carboxylic acids is 1. The molecule has 1 amide bonds. The molecule has 1 atom stereocenters. The molecule has 3 heterocycles. The molecule has 3 aromatic rings. The topological polar surface area (TPSA) is 101 Å². The van der Waals surface area contributed by atoms with Crippen molar-refractivity contribution in [3.05, 3.63) is 52.7 Å². The Morgan fingerprint density at radius 3 is 2.68 bits per heavy atom. The Labute approximate surface area is 164 Å². The Balaban J connectivity index is 1.74. The van der Waals surface area contributed by atoms with Crippen molar-refractivity contribution in [1.82, 2.24) is 25.1 Å². The van der Waals surface area contributed by atoms with Gasteiger partial charge in [0.2, 0.25) is 0 Å². The summed E-state index contributed by atoms with van der Waals surface area (Å²) in [5.41, 5.74) is 1.07. The molecule has 2 aromatic heterocycles. The second-order valence-corrected chi connectivity index (χ2v) is 7.38. The van der Waals surface area contributed by atoms with Gasteiger partial charge in [0.25, 0.3) is 5.91 Å². The summed E-state index contributed by atoms with van der Waals surface area (Å²) in [6.07, 6.45) is 2.18. The summed E-state index contributed by atoms with van der Waals surface area (Å²) in [5, 5.41) is 23.1. The first-order valence-corrected chi connectivity index (χ1v) is 9.63. The molecule has 9 heteroatoms. The van der Waals surface area contributed by atoms with Crippen molar-refractivity contribution < 1.29 is 14.7 Å². The van der Waals surface area contributed by atoms with E-state index in [4.69, 9.17) is 0 Å². The average molecular weight is 395 g/mol. The highest BCUT2D eigenvalue weighted by molar-refractivity contribution is 7.10. The molecule has 1 aliphatic heterocycles. The maximum atomic E-state index is 13.3. The molecule has 8 nitrogen and oxygen atoms in total. The van der Waals surface area contributed by atoms with Gasteiger partial charge < -0.3 is 10.0 Å². The first kappa shape index (κ1) is 18.1. The maximum absolute atomic E-state index is 13.3. The lowest BCUT2D eigenvalue weighted by Crippen LogP contribution is -2.32. The Bertz CT molecular complexity index is 1010. The number of rotatable bonds is 5. The molecule has 1 N–H and O–H groups in total. The van der Waals surface area contributed by atoms with Crippen LogP contribution in [-0.2, 0) is 9.59 Å². The van der Waals surface area contributed by atoms with Crippen LogP contribution in [0.15, 0.2) is 47.8 Å². The van der Waals surface area contributed by atoms with Gasteiger partial charge in [0.1, 0.15) is 5.70 Å². The summed E-state index contributed by atoms with van der Waals surface area (Å²) in [6, 6.07) is 13.2. The molecular formula is C19H17N5O3S. The second-order valence-electron chi connectivity index (χ2n) is 6.40. The summed E-state index contributed by atoms with van der Waals surface area (Å²) in [6.45, 7) is 0.569. The predicted molar refractivity (Wildman–Crippen MR) is 104 cm³/mol. The van der Waals surface area contributed by atoms with Gasteiger partial charge in [0, 0.05) is 23.5 Å². The molecule has 4 rings (SSSR count). The number of amides is 1. The van der Waals surface area contributed by atoms with Crippen LogP contribution in [0.4, 0.5) is 0 Å². The number of carbonyl (C=O) groups excluding carboxylic acids is 1. The zero-order chi connectivity index (χ0) is 19.5. The van der Waals surface area contributed by atoms with Gasteiger partial charge in [-0.25, -0.2) is 0 Å². The van der Waals surface area contributed by atoms with E-state index in [1.165, 1.54) is 16.0 Å². The van der Waals surface area contributed by atoms with Crippen LogP contribution in [0.5, 0.6) is 0 Å². The highest BCUT2D eigenvalue weighted by atomic mass is 32.1. The normalized spacial score (nSPS) is 17.1. The monoisotopic (exact) mass is 395 g/mol. The standard InChI is InChI=1S/C19H17N5O3S/c25-18(23-9-8-14(12-23)19(26)27)16(11-15-7-4-10-28-15)24-17(20-21-22-24)13-5-2-1-3-6-13/h1-7,10-11,14H,8-9,12H2,(H,26,27)/b16-11-. The molecule has 0 saturated carbocycles. The zero-order valence-corrected chi connectivity index (χ0v) is 15.6. The number of likely N-dealkylation sites (tertiary alicyclic amines) is 1. The third-order valence-corrected chi connectivity index (χ3v) is 5.41. The molecule has 0 bridgehead atoms. The van der Waals surface area contributed by atoms with E-state index in [-0.39, 0.29) is 18.1 Å². The molecular weight excluding hydrogens is 378 g/mol. The number of hydrogen-bond acceptors (Lipinski definition) is 6. The lowest BCUT2D eigenvalue weighted by atomic mass is 10.1. The molecule has 28 heavy (non-hydrogen) atoms. The third kappa shape index (κ3) is 3.56. The number of carbonyl (C=O) groups is 2. The lowest BCUT2D eigenvalue weighted by molar-refractivity contribution is -0.141. The van der Waals surface area contributed by atoms with E-state index in [1.807, 2.05) is 47.8 Å². The van der Waals surface area contributed by atoms with Gasteiger partial charge in [-0.2, -0.15) is 4.68 Å². The summed E-state index contributed by atoms with van der Waals surface area (Å²) < 4.78 is 1.42. The van der Waals surface area contributed by atoms with Gasteiger partial charge in [0.15, 0.2) is 5.82 Å². The molecule has 1 fully saturated rings. The molecule has 142 valence electrons. The van der Waals surface area contributed by atoms with E-state index in [1.54, 1.807) is 11.0 Å². The number of carboxylic acid groups (broad SMARTS) is 1. The summed E-state index contributed by atoms with van der Waals surface area (Å²) >= 11 is 1.49. The Morgan fingerprint density at radius 1 is 1.18 bits per heavy atom. The van der Waals surface area contributed by atoms with Gasteiger partial charge in [-0.3, -0.25) is 9.59 Å².